The molecule has 1 saturated heterocycles. The molecule has 0 aromatic heterocycles. The molecule has 0 spiro atoms. The minimum atomic E-state index is -1.08. The fourth-order valence-electron chi connectivity index (χ4n) is 2.39. The van der Waals surface area contributed by atoms with E-state index in [1.807, 2.05) is 12.1 Å². The lowest BCUT2D eigenvalue weighted by molar-refractivity contribution is -0.123. The molecule has 20 heavy (non-hydrogen) atoms. The molecule has 0 radical (unpaired) electrons. The molecule has 1 N–H and O–H groups in total. The maximum atomic E-state index is 12.2. The van der Waals surface area contributed by atoms with Crippen molar-refractivity contribution in [1.82, 2.24) is 4.90 Å². The van der Waals surface area contributed by atoms with Crippen LogP contribution in [-0.2, 0) is 4.79 Å². The molecule has 1 heterocycles. The lowest BCUT2D eigenvalue weighted by atomic mass is 9.98. The summed E-state index contributed by atoms with van der Waals surface area (Å²) < 4.78 is 5.27. The topological polar surface area (TPSA) is 70.1 Å². The van der Waals surface area contributed by atoms with Gasteiger partial charge in [0.25, 0.3) is 0 Å². The lowest BCUT2D eigenvalue weighted by Crippen LogP contribution is -2.63. The minimum Gasteiger partial charge on any atom is -0.495 e. The van der Waals surface area contributed by atoms with Gasteiger partial charge in [0.15, 0.2) is 0 Å². The van der Waals surface area contributed by atoms with Gasteiger partial charge in [-0.1, -0.05) is 12.1 Å². The van der Waals surface area contributed by atoms with Gasteiger partial charge in [-0.05, 0) is 26.0 Å². The summed E-state index contributed by atoms with van der Waals surface area (Å²) in [7, 11) is 1.54. The Morgan fingerprint density at radius 2 is 2.00 bits per heavy atom. The average Bonchev–Trinajstić information content (AvgIpc) is 2.40. The molecule has 1 fully saturated rings. The number of ether oxygens (including phenoxy) is 1. The van der Waals surface area contributed by atoms with E-state index in [1.165, 1.54) is 4.90 Å². The number of carbonyl (C=O) groups is 2. The summed E-state index contributed by atoms with van der Waals surface area (Å²) in [5.74, 6) is 0.344. The maximum Gasteiger partial charge on any atom is 0.408 e. The smallest absolute Gasteiger partial charge is 0.408 e. The van der Waals surface area contributed by atoms with E-state index < -0.39 is 11.6 Å². The molecule has 6 nitrogen and oxygen atoms in total. The Kier molecular flexibility index (Phi) is 3.57. The van der Waals surface area contributed by atoms with Gasteiger partial charge in [-0.3, -0.25) is 9.69 Å². The average molecular weight is 278 g/mol. The number of carbonyl (C=O) groups excluding carboxylic acids is 1. The van der Waals surface area contributed by atoms with Gasteiger partial charge in [0.05, 0.1) is 18.3 Å². The van der Waals surface area contributed by atoms with Crippen LogP contribution >= 0.6 is 0 Å². The zero-order valence-corrected chi connectivity index (χ0v) is 11.8. The maximum absolute atomic E-state index is 12.2. The van der Waals surface area contributed by atoms with Gasteiger partial charge in [-0.2, -0.15) is 0 Å². The number of amides is 2. The van der Waals surface area contributed by atoms with Gasteiger partial charge in [-0.25, -0.2) is 4.79 Å². The van der Waals surface area contributed by atoms with Crippen LogP contribution < -0.4 is 9.64 Å². The molecule has 1 aromatic rings. The van der Waals surface area contributed by atoms with E-state index in [4.69, 9.17) is 4.74 Å². The molecule has 2 amide bonds. The number of anilines is 1. The third-order valence-corrected chi connectivity index (χ3v) is 3.48. The van der Waals surface area contributed by atoms with E-state index in [9.17, 15) is 14.7 Å². The summed E-state index contributed by atoms with van der Waals surface area (Å²) in [5, 5.41) is 9.18. The monoisotopic (exact) mass is 278 g/mol. The quantitative estimate of drug-likeness (QED) is 0.895. The number of hydrogen-bond donors (Lipinski definition) is 1. The molecule has 2 rings (SSSR count). The largest absolute Gasteiger partial charge is 0.495 e. The summed E-state index contributed by atoms with van der Waals surface area (Å²) in [6, 6.07) is 7.22. The zero-order valence-electron chi connectivity index (χ0n) is 11.8. The molecule has 6 heteroatoms. The summed E-state index contributed by atoms with van der Waals surface area (Å²) in [6.07, 6.45) is -1.08. The second-order valence-corrected chi connectivity index (χ2v) is 5.33. The highest BCUT2D eigenvalue weighted by atomic mass is 16.5. The predicted octanol–water partition coefficient (Wildman–Crippen LogP) is 1.80. The first-order chi connectivity index (χ1) is 9.36. The Morgan fingerprint density at radius 3 is 2.60 bits per heavy atom. The van der Waals surface area contributed by atoms with Crippen molar-refractivity contribution in [2.24, 2.45) is 0 Å². The van der Waals surface area contributed by atoms with Crippen molar-refractivity contribution in [3.05, 3.63) is 24.3 Å². The number of para-hydroxylation sites is 2. The van der Waals surface area contributed by atoms with Crippen LogP contribution in [0.5, 0.6) is 5.75 Å². The lowest BCUT2D eigenvalue weighted by Gasteiger charge is -2.45. The van der Waals surface area contributed by atoms with Crippen LogP contribution in [0.15, 0.2) is 24.3 Å². The number of nitrogens with zero attached hydrogens (tertiary/aromatic N) is 2. The second kappa shape index (κ2) is 5.03. The first-order valence-corrected chi connectivity index (χ1v) is 6.31. The summed E-state index contributed by atoms with van der Waals surface area (Å²) >= 11 is 0. The molecule has 0 bridgehead atoms. The molecule has 0 unspecified atom stereocenters. The highest BCUT2D eigenvalue weighted by Crippen LogP contribution is 2.32. The molecule has 1 aliphatic rings. The summed E-state index contributed by atoms with van der Waals surface area (Å²) in [4.78, 5) is 26.2. The van der Waals surface area contributed by atoms with E-state index in [1.54, 1.807) is 38.0 Å². The van der Waals surface area contributed by atoms with Crippen molar-refractivity contribution in [2.75, 3.05) is 25.1 Å². The number of carboxylic acid groups (broad SMARTS) is 1. The van der Waals surface area contributed by atoms with Crippen molar-refractivity contribution in [2.45, 2.75) is 19.4 Å². The first-order valence-electron chi connectivity index (χ1n) is 6.31. The Labute approximate surface area is 117 Å². The Morgan fingerprint density at radius 1 is 1.35 bits per heavy atom. The Bertz CT molecular complexity index is 542. The highest BCUT2D eigenvalue weighted by Gasteiger charge is 2.41. The predicted molar refractivity (Wildman–Crippen MR) is 74.2 cm³/mol. The van der Waals surface area contributed by atoms with Crippen LogP contribution in [0.2, 0.25) is 0 Å². The van der Waals surface area contributed by atoms with Crippen molar-refractivity contribution in [3.8, 4) is 5.75 Å². The molecule has 0 saturated carbocycles. The number of hydrogen-bond acceptors (Lipinski definition) is 3. The fraction of sp³-hybridized carbons (Fsp3) is 0.429. The van der Waals surface area contributed by atoms with Gasteiger partial charge < -0.3 is 14.7 Å². The van der Waals surface area contributed by atoms with Crippen LogP contribution in [-0.4, -0.2) is 47.7 Å². The van der Waals surface area contributed by atoms with E-state index in [0.29, 0.717) is 18.0 Å². The van der Waals surface area contributed by atoms with Gasteiger partial charge in [0, 0.05) is 6.54 Å². The Balaban J connectivity index is 2.35. The molecule has 0 atom stereocenters. The molecule has 0 aliphatic carbocycles. The Hall–Kier alpha value is -2.24. The van der Waals surface area contributed by atoms with Crippen LogP contribution in [0.25, 0.3) is 0 Å². The second-order valence-electron chi connectivity index (χ2n) is 5.33. The SMILES string of the molecule is COc1ccccc1N1CC(C)(C)N(C(=O)O)CC1=O. The van der Waals surface area contributed by atoms with Crippen molar-refractivity contribution >= 4 is 17.7 Å². The number of benzene rings is 1. The minimum absolute atomic E-state index is 0.152. The van der Waals surface area contributed by atoms with E-state index in [2.05, 4.69) is 0 Å². The normalized spacial score (nSPS) is 18.1. The third kappa shape index (κ3) is 2.41. The van der Waals surface area contributed by atoms with Crippen molar-refractivity contribution in [1.29, 1.82) is 0 Å². The van der Waals surface area contributed by atoms with Gasteiger partial charge in [-0.15, -0.1) is 0 Å². The van der Waals surface area contributed by atoms with Crippen LogP contribution in [0.4, 0.5) is 10.5 Å². The van der Waals surface area contributed by atoms with E-state index >= 15 is 0 Å². The van der Waals surface area contributed by atoms with E-state index in [0.717, 1.165) is 0 Å². The van der Waals surface area contributed by atoms with Crippen LogP contribution in [0, 0.1) is 0 Å². The van der Waals surface area contributed by atoms with Crippen molar-refractivity contribution < 1.29 is 19.4 Å². The van der Waals surface area contributed by atoms with Crippen molar-refractivity contribution in [3.63, 3.8) is 0 Å². The summed E-state index contributed by atoms with van der Waals surface area (Å²) in [6.45, 7) is 3.74. The molecule has 108 valence electrons. The van der Waals surface area contributed by atoms with Gasteiger partial charge in [0.1, 0.15) is 12.3 Å². The number of piperazine rings is 1. The van der Waals surface area contributed by atoms with Crippen LogP contribution in [0.3, 0.4) is 0 Å². The molecule has 1 aliphatic heterocycles. The molecular formula is C14H18N2O4. The standard InChI is InChI=1S/C14H18N2O4/c1-14(2)9-15(12(17)8-16(14)13(18)19)10-6-4-5-7-11(10)20-3/h4-7H,8-9H2,1-3H3,(H,18,19). The number of methoxy groups -OCH3 is 1. The van der Waals surface area contributed by atoms with Gasteiger partial charge in [0.2, 0.25) is 5.91 Å². The van der Waals surface area contributed by atoms with E-state index in [-0.39, 0.29) is 12.5 Å². The number of rotatable bonds is 2. The fourth-order valence-corrected chi connectivity index (χ4v) is 2.39. The zero-order chi connectivity index (χ0) is 14.9. The van der Waals surface area contributed by atoms with Gasteiger partial charge >= 0.3 is 6.09 Å². The first kappa shape index (κ1) is 14.2. The summed E-state index contributed by atoms with van der Waals surface area (Å²) in [5.41, 5.74) is 0.0127. The molecular weight excluding hydrogens is 260 g/mol. The highest BCUT2D eigenvalue weighted by molar-refractivity contribution is 5.98. The third-order valence-electron chi connectivity index (χ3n) is 3.48. The molecule has 1 aromatic carbocycles. The van der Waals surface area contributed by atoms with Crippen LogP contribution in [0.1, 0.15) is 13.8 Å².